The van der Waals surface area contributed by atoms with Gasteiger partial charge in [0.15, 0.2) is 0 Å². The summed E-state index contributed by atoms with van der Waals surface area (Å²) in [6, 6.07) is 7.60. The molecule has 1 saturated heterocycles. The second-order valence-electron chi connectivity index (χ2n) is 9.87. The van der Waals surface area contributed by atoms with Crippen LogP contribution in [0.2, 0.25) is 5.02 Å². The number of ether oxygens (including phenoxy) is 2. The number of esters is 2. The van der Waals surface area contributed by atoms with Crippen molar-refractivity contribution in [2.45, 2.75) is 63.7 Å². The fourth-order valence-corrected chi connectivity index (χ4v) is 5.57. The van der Waals surface area contributed by atoms with E-state index in [1.807, 2.05) is 12.3 Å². The molecular formula is C27H33ClN4O4. The van der Waals surface area contributed by atoms with Crippen LogP contribution >= 0.6 is 11.6 Å². The Labute approximate surface area is 216 Å². The summed E-state index contributed by atoms with van der Waals surface area (Å²) in [6.07, 6.45) is 9.13. The fraction of sp³-hybridized carbons (Fsp3) is 0.519. The van der Waals surface area contributed by atoms with Crippen LogP contribution in [0.5, 0.6) is 0 Å². The number of rotatable bonds is 6. The van der Waals surface area contributed by atoms with Crippen molar-refractivity contribution >= 4 is 35.0 Å². The van der Waals surface area contributed by atoms with Crippen LogP contribution in [0.4, 0.5) is 11.5 Å². The second-order valence-corrected chi connectivity index (χ2v) is 10.3. The number of fused-ring (bicyclic) bond motifs is 2. The summed E-state index contributed by atoms with van der Waals surface area (Å²) in [5.74, 6) is -0.778. The van der Waals surface area contributed by atoms with Gasteiger partial charge in [0.25, 0.3) is 5.79 Å². The highest BCUT2D eigenvalue weighted by atomic mass is 35.5. The maximum atomic E-state index is 12.3. The first-order valence-electron chi connectivity index (χ1n) is 12.9. The van der Waals surface area contributed by atoms with Crippen molar-refractivity contribution in [2.75, 3.05) is 30.3 Å². The van der Waals surface area contributed by atoms with E-state index in [-0.39, 0.29) is 19.4 Å². The van der Waals surface area contributed by atoms with E-state index in [0.717, 1.165) is 35.1 Å². The fourth-order valence-electron chi connectivity index (χ4n) is 5.33. The Balaban J connectivity index is 1.31. The van der Waals surface area contributed by atoms with Gasteiger partial charge in [-0.2, -0.15) is 0 Å². The monoisotopic (exact) mass is 512 g/mol. The number of carbonyl (C=O) groups is 2. The summed E-state index contributed by atoms with van der Waals surface area (Å²) >= 11 is 6.61. The number of hydrogen-bond acceptors (Lipinski definition) is 8. The minimum absolute atomic E-state index is 0.00707. The van der Waals surface area contributed by atoms with Gasteiger partial charge < -0.3 is 25.4 Å². The highest BCUT2D eigenvalue weighted by Gasteiger charge is 2.46. The van der Waals surface area contributed by atoms with E-state index >= 15 is 0 Å². The maximum Gasteiger partial charge on any atom is 0.309 e. The number of hydrogen-bond donors (Lipinski definition) is 3. The summed E-state index contributed by atoms with van der Waals surface area (Å²) in [5, 5.41) is 10.7. The average molecular weight is 513 g/mol. The summed E-state index contributed by atoms with van der Waals surface area (Å²) in [4.78, 5) is 29.2. The van der Waals surface area contributed by atoms with Gasteiger partial charge in [-0.1, -0.05) is 36.9 Å². The third-order valence-electron chi connectivity index (χ3n) is 7.26. The van der Waals surface area contributed by atoms with E-state index in [2.05, 4.69) is 27.0 Å². The number of nitrogens with one attached hydrogen (secondary N) is 3. The smallest absolute Gasteiger partial charge is 0.309 e. The molecule has 5 rings (SSSR count). The first-order valence-corrected chi connectivity index (χ1v) is 13.3. The minimum Gasteiger partial charge on any atom is -0.416 e. The molecule has 0 unspecified atom stereocenters. The molecule has 9 heteroatoms. The Morgan fingerprint density at radius 3 is 2.50 bits per heavy atom. The largest absolute Gasteiger partial charge is 0.416 e. The molecule has 0 radical (unpaired) electrons. The molecule has 2 aliphatic heterocycles. The number of pyridine rings is 1. The van der Waals surface area contributed by atoms with Gasteiger partial charge >= 0.3 is 11.9 Å². The van der Waals surface area contributed by atoms with Crippen molar-refractivity contribution in [3.8, 4) is 0 Å². The molecule has 1 spiro atoms. The zero-order valence-corrected chi connectivity index (χ0v) is 21.2. The van der Waals surface area contributed by atoms with E-state index in [9.17, 15) is 9.59 Å². The zero-order chi connectivity index (χ0) is 25.0. The Morgan fingerprint density at radius 1 is 1.00 bits per heavy atom. The Kier molecular flexibility index (Phi) is 7.62. The van der Waals surface area contributed by atoms with Gasteiger partial charge in [-0.3, -0.25) is 9.59 Å². The lowest BCUT2D eigenvalue weighted by atomic mass is 9.89. The topological polar surface area (TPSA) is 102 Å². The Hall–Kier alpha value is -2.84. The third kappa shape index (κ3) is 5.60. The summed E-state index contributed by atoms with van der Waals surface area (Å²) in [6.45, 7) is 2.31. The molecule has 3 heterocycles. The molecule has 1 aromatic carbocycles. The number of benzene rings is 1. The normalized spacial score (nSPS) is 20.0. The molecule has 0 bridgehead atoms. The third-order valence-corrected chi connectivity index (χ3v) is 7.58. The predicted octanol–water partition coefficient (Wildman–Crippen LogP) is 4.52. The average Bonchev–Trinajstić information content (AvgIpc) is 3.15. The van der Waals surface area contributed by atoms with Gasteiger partial charge in [-0.25, -0.2) is 4.98 Å². The lowest BCUT2D eigenvalue weighted by molar-refractivity contribution is -0.225. The molecule has 2 aromatic rings. The molecule has 1 aliphatic carbocycles. The van der Waals surface area contributed by atoms with Gasteiger partial charge in [0.1, 0.15) is 5.82 Å². The Morgan fingerprint density at radius 2 is 1.78 bits per heavy atom. The first-order chi connectivity index (χ1) is 17.5. The highest BCUT2D eigenvalue weighted by Crippen LogP contribution is 2.40. The molecule has 1 aromatic heterocycles. The van der Waals surface area contributed by atoms with Gasteiger partial charge in [0, 0.05) is 24.8 Å². The van der Waals surface area contributed by atoms with Crippen LogP contribution in [0.3, 0.4) is 0 Å². The maximum absolute atomic E-state index is 12.3. The second kappa shape index (κ2) is 11.0. The molecule has 3 aliphatic rings. The molecule has 0 amide bonds. The predicted molar refractivity (Wildman–Crippen MR) is 138 cm³/mol. The minimum atomic E-state index is -1.50. The van der Waals surface area contributed by atoms with Crippen LogP contribution in [-0.4, -0.2) is 36.6 Å². The van der Waals surface area contributed by atoms with Crippen molar-refractivity contribution in [1.82, 2.24) is 10.3 Å². The molecule has 0 atom stereocenters. The number of halogens is 1. The molecule has 36 heavy (non-hydrogen) atoms. The van der Waals surface area contributed by atoms with Gasteiger partial charge in [-0.15, -0.1) is 0 Å². The molecule has 1 saturated carbocycles. The van der Waals surface area contributed by atoms with Gasteiger partial charge in [0.05, 0.1) is 30.1 Å². The number of anilines is 2. The lowest BCUT2D eigenvalue weighted by Crippen LogP contribution is -2.43. The summed E-state index contributed by atoms with van der Waals surface area (Å²) in [5.41, 5.74) is 3.27. The van der Waals surface area contributed by atoms with E-state index < -0.39 is 17.7 Å². The van der Waals surface area contributed by atoms with E-state index in [1.165, 1.54) is 32.1 Å². The van der Waals surface area contributed by atoms with Crippen molar-refractivity contribution in [1.29, 1.82) is 0 Å². The van der Waals surface area contributed by atoms with E-state index in [1.54, 1.807) is 12.1 Å². The van der Waals surface area contributed by atoms with Crippen LogP contribution in [0.25, 0.3) is 0 Å². The van der Waals surface area contributed by atoms with Gasteiger partial charge in [0.2, 0.25) is 0 Å². The SMILES string of the molecule is O=C1CCC(=O)OC2(CNCCc3c2ccc(Cl)c3NCc2ccc(NCC3CCCCC3)nc2)O1. The molecular weight excluding hydrogens is 480 g/mol. The molecule has 192 valence electrons. The molecule has 2 fully saturated rings. The van der Waals surface area contributed by atoms with Crippen molar-refractivity contribution < 1.29 is 19.1 Å². The zero-order valence-electron chi connectivity index (χ0n) is 20.4. The number of carbonyl (C=O) groups excluding carboxylic acids is 2. The molecule has 8 nitrogen and oxygen atoms in total. The number of nitrogens with zero attached hydrogens (tertiary/aromatic N) is 1. The van der Waals surface area contributed by atoms with Crippen molar-refractivity contribution in [3.63, 3.8) is 0 Å². The summed E-state index contributed by atoms with van der Waals surface area (Å²) < 4.78 is 11.4. The molecule has 3 N–H and O–H groups in total. The highest BCUT2D eigenvalue weighted by molar-refractivity contribution is 6.33. The van der Waals surface area contributed by atoms with Crippen LogP contribution in [0.1, 0.15) is 61.6 Å². The summed E-state index contributed by atoms with van der Waals surface area (Å²) in [7, 11) is 0. The van der Waals surface area contributed by atoms with Crippen LogP contribution in [0, 0.1) is 5.92 Å². The van der Waals surface area contributed by atoms with Crippen LogP contribution < -0.4 is 16.0 Å². The van der Waals surface area contributed by atoms with Crippen LogP contribution in [0.15, 0.2) is 30.5 Å². The first kappa shape index (κ1) is 24.8. The van der Waals surface area contributed by atoms with E-state index in [0.29, 0.717) is 30.1 Å². The number of aromatic nitrogens is 1. The van der Waals surface area contributed by atoms with Crippen molar-refractivity contribution in [3.05, 3.63) is 52.2 Å². The van der Waals surface area contributed by atoms with E-state index in [4.69, 9.17) is 21.1 Å². The van der Waals surface area contributed by atoms with Crippen molar-refractivity contribution in [2.24, 2.45) is 5.92 Å². The standard InChI is InChI=1S/C27H33ClN4O4/c28-22-8-7-21-20(12-13-29-17-27(21)35-24(33)10-11-25(34)36-27)26(22)32-16-19-6-9-23(31-15-19)30-14-18-4-2-1-3-5-18/h6-9,15,18,29,32H,1-5,10-14,16-17H2,(H,30,31). The Bertz CT molecular complexity index is 1080. The lowest BCUT2D eigenvalue weighted by Gasteiger charge is -2.32. The van der Waals surface area contributed by atoms with Gasteiger partial charge in [-0.05, 0) is 61.1 Å². The quantitative estimate of drug-likeness (QED) is 0.486. The van der Waals surface area contributed by atoms with Crippen LogP contribution in [-0.2, 0) is 37.8 Å².